The largest absolute Gasteiger partial charge is 0.349 e. The quantitative estimate of drug-likeness (QED) is 0.924. The van der Waals surface area contributed by atoms with Crippen LogP contribution in [0, 0.1) is 5.82 Å². The first-order valence-corrected chi connectivity index (χ1v) is 9.05. The van der Waals surface area contributed by atoms with Crippen LogP contribution >= 0.6 is 11.6 Å². The highest BCUT2D eigenvalue weighted by atomic mass is 35.5. The maximum absolute atomic E-state index is 13.0. The molecule has 0 aromatic heterocycles. The predicted octanol–water partition coefficient (Wildman–Crippen LogP) is 2.56. The second-order valence-electron chi connectivity index (χ2n) is 5.41. The summed E-state index contributed by atoms with van der Waals surface area (Å²) in [4.78, 5) is 12.1. The van der Waals surface area contributed by atoms with Crippen molar-refractivity contribution in [2.24, 2.45) is 0 Å². The SMILES string of the molecule is CS(=O)(=O)[C@@H]1CCC[C@H](NC(=O)c2ccc(F)cc2Cl)C1. The maximum Gasteiger partial charge on any atom is 0.253 e. The second-order valence-corrected chi connectivity index (χ2v) is 8.15. The van der Waals surface area contributed by atoms with E-state index in [9.17, 15) is 17.6 Å². The minimum Gasteiger partial charge on any atom is -0.349 e. The molecule has 1 aliphatic carbocycles. The van der Waals surface area contributed by atoms with Gasteiger partial charge in [0.15, 0.2) is 0 Å². The zero-order valence-corrected chi connectivity index (χ0v) is 13.2. The molecule has 0 heterocycles. The molecule has 1 aromatic rings. The number of halogens is 2. The monoisotopic (exact) mass is 333 g/mol. The summed E-state index contributed by atoms with van der Waals surface area (Å²) in [7, 11) is -3.10. The molecule has 2 rings (SSSR count). The van der Waals surface area contributed by atoms with Crippen LogP contribution in [0.2, 0.25) is 5.02 Å². The summed E-state index contributed by atoms with van der Waals surface area (Å²) in [6.07, 6.45) is 3.74. The molecule has 0 saturated heterocycles. The van der Waals surface area contributed by atoms with Crippen LogP contribution in [0.5, 0.6) is 0 Å². The Labute approximate surface area is 128 Å². The van der Waals surface area contributed by atoms with Crippen molar-refractivity contribution in [3.8, 4) is 0 Å². The molecule has 0 radical (unpaired) electrons. The van der Waals surface area contributed by atoms with Crippen molar-refractivity contribution in [1.82, 2.24) is 5.32 Å². The summed E-state index contributed by atoms with van der Waals surface area (Å²) < 4.78 is 36.2. The van der Waals surface area contributed by atoms with Gasteiger partial charge >= 0.3 is 0 Å². The lowest BCUT2D eigenvalue weighted by Crippen LogP contribution is -2.41. The Morgan fingerprint density at radius 1 is 1.38 bits per heavy atom. The first kappa shape index (κ1) is 16.2. The standard InChI is InChI=1S/C14H17ClFNO3S/c1-21(19,20)11-4-2-3-10(8-11)17-14(18)12-6-5-9(16)7-13(12)15/h5-7,10-11H,2-4,8H2,1H3,(H,17,18)/t10-,11+/m0/s1. The van der Waals surface area contributed by atoms with Gasteiger partial charge in [-0.3, -0.25) is 4.79 Å². The number of carbonyl (C=O) groups excluding carboxylic acids is 1. The summed E-state index contributed by atoms with van der Waals surface area (Å²) in [6, 6.07) is 3.37. The zero-order valence-electron chi connectivity index (χ0n) is 11.6. The molecule has 1 fully saturated rings. The average Bonchev–Trinajstić information content (AvgIpc) is 2.37. The molecule has 1 amide bonds. The van der Waals surface area contributed by atoms with Crippen molar-refractivity contribution in [2.75, 3.05) is 6.26 Å². The van der Waals surface area contributed by atoms with Crippen molar-refractivity contribution >= 4 is 27.3 Å². The lowest BCUT2D eigenvalue weighted by atomic mass is 9.94. The Morgan fingerprint density at radius 2 is 2.10 bits per heavy atom. The van der Waals surface area contributed by atoms with E-state index in [1.165, 1.54) is 18.4 Å². The third-order valence-corrected chi connectivity index (χ3v) is 5.69. The van der Waals surface area contributed by atoms with Crippen molar-refractivity contribution in [3.05, 3.63) is 34.6 Å². The van der Waals surface area contributed by atoms with Gasteiger partial charge in [0, 0.05) is 12.3 Å². The number of rotatable bonds is 3. The lowest BCUT2D eigenvalue weighted by molar-refractivity contribution is 0.0928. The van der Waals surface area contributed by atoms with Gasteiger partial charge in [0.25, 0.3) is 5.91 Å². The Morgan fingerprint density at radius 3 is 2.71 bits per heavy atom. The predicted molar refractivity (Wildman–Crippen MR) is 79.8 cm³/mol. The normalized spacial score (nSPS) is 22.8. The van der Waals surface area contributed by atoms with Gasteiger partial charge in [-0.15, -0.1) is 0 Å². The van der Waals surface area contributed by atoms with E-state index in [-0.39, 0.29) is 16.6 Å². The van der Waals surface area contributed by atoms with E-state index in [1.54, 1.807) is 0 Å². The molecular weight excluding hydrogens is 317 g/mol. The number of carbonyl (C=O) groups is 1. The van der Waals surface area contributed by atoms with Crippen molar-refractivity contribution in [3.63, 3.8) is 0 Å². The topological polar surface area (TPSA) is 63.2 Å². The molecule has 116 valence electrons. The van der Waals surface area contributed by atoms with E-state index < -0.39 is 26.8 Å². The first-order chi connectivity index (χ1) is 9.77. The molecule has 1 N–H and O–H groups in total. The molecule has 0 unspecified atom stereocenters. The molecule has 1 aliphatic rings. The minimum absolute atomic E-state index is 0.0444. The second kappa shape index (κ2) is 6.32. The molecule has 0 spiro atoms. The molecule has 4 nitrogen and oxygen atoms in total. The van der Waals surface area contributed by atoms with E-state index in [0.29, 0.717) is 12.8 Å². The first-order valence-electron chi connectivity index (χ1n) is 6.72. The van der Waals surface area contributed by atoms with E-state index in [0.717, 1.165) is 18.9 Å². The van der Waals surface area contributed by atoms with Crippen LogP contribution in [0.15, 0.2) is 18.2 Å². The van der Waals surface area contributed by atoms with Crippen molar-refractivity contribution in [2.45, 2.75) is 37.0 Å². The number of amides is 1. The molecular formula is C14H17ClFNO3S. The van der Waals surface area contributed by atoms with Gasteiger partial charge in [0.05, 0.1) is 15.8 Å². The average molecular weight is 334 g/mol. The number of nitrogens with one attached hydrogen (secondary N) is 1. The molecule has 1 aromatic carbocycles. The lowest BCUT2D eigenvalue weighted by Gasteiger charge is -2.28. The molecule has 7 heteroatoms. The summed E-state index contributed by atoms with van der Waals surface area (Å²) in [5.41, 5.74) is 0.194. The van der Waals surface area contributed by atoms with Crippen LogP contribution in [0.4, 0.5) is 4.39 Å². The Bertz CT molecular complexity index is 648. The fourth-order valence-corrected chi connectivity index (χ4v) is 4.03. The minimum atomic E-state index is -3.10. The van der Waals surface area contributed by atoms with Gasteiger partial charge in [0.1, 0.15) is 15.7 Å². The van der Waals surface area contributed by atoms with Crippen molar-refractivity contribution in [1.29, 1.82) is 0 Å². The van der Waals surface area contributed by atoms with Crippen LogP contribution in [0.1, 0.15) is 36.0 Å². The van der Waals surface area contributed by atoms with E-state index >= 15 is 0 Å². The fraction of sp³-hybridized carbons (Fsp3) is 0.500. The van der Waals surface area contributed by atoms with E-state index in [4.69, 9.17) is 11.6 Å². The third kappa shape index (κ3) is 4.17. The van der Waals surface area contributed by atoms with Gasteiger partial charge in [-0.2, -0.15) is 0 Å². The van der Waals surface area contributed by atoms with Gasteiger partial charge in [0.2, 0.25) is 0 Å². The Hall–Kier alpha value is -1.14. The molecule has 21 heavy (non-hydrogen) atoms. The van der Waals surface area contributed by atoms with Crippen LogP contribution in [0.3, 0.4) is 0 Å². The van der Waals surface area contributed by atoms with E-state index in [2.05, 4.69) is 5.32 Å². The molecule has 1 saturated carbocycles. The van der Waals surface area contributed by atoms with Gasteiger partial charge in [-0.1, -0.05) is 18.0 Å². The number of sulfone groups is 1. The van der Waals surface area contributed by atoms with Crippen LogP contribution in [0.25, 0.3) is 0 Å². The Kier molecular flexibility index (Phi) is 4.88. The Balaban J connectivity index is 2.05. The number of hydrogen-bond acceptors (Lipinski definition) is 3. The maximum atomic E-state index is 13.0. The third-order valence-electron chi connectivity index (χ3n) is 3.74. The summed E-state index contributed by atoms with van der Waals surface area (Å²) in [5, 5.41) is 2.42. The van der Waals surface area contributed by atoms with Crippen LogP contribution in [-0.4, -0.2) is 31.9 Å². The highest BCUT2D eigenvalue weighted by Gasteiger charge is 2.30. The smallest absolute Gasteiger partial charge is 0.253 e. The van der Waals surface area contributed by atoms with Gasteiger partial charge < -0.3 is 5.32 Å². The zero-order chi connectivity index (χ0) is 15.6. The van der Waals surface area contributed by atoms with Crippen LogP contribution < -0.4 is 5.32 Å². The number of benzene rings is 1. The summed E-state index contributed by atoms with van der Waals surface area (Å²) >= 11 is 5.85. The van der Waals surface area contributed by atoms with Crippen LogP contribution in [-0.2, 0) is 9.84 Å². The fourth-order valence-electron chi connectivity index (χ4n) is 2.60. The van der Waals surface area contributed by atoms with Crippen molar-refractivity contribution < 1.29 is 17.6 Å². The molecule has 0 bridgehead atoms. The van der Waals surface area contributed by atoms with Gasteiger partial charge in [-0.25, -0.2) is 12.8 Å². The number of hydrogen-bond donors (Lipinski definition) is 1. The summed E-state index contributed by atoms with van der Waals surface area (Å²) in [6.45, 7) is 0. The molecule has 2 atom stereocenters. The summed E-state index contributed by atoms with van der Waals surface area (Å²) in [5.74, 6) is -0.912. The highest BCUT2D eigenvalue weighted by Crippen LogP contribution is 2.25. The van der Waals surface area contributed by atoms with E-state index in [1.807, 2.05) is 0 Å². The molecule has 0 aliphatic heterocycles. The van der Waals surface area contributed by atoms with Gasteiger partial charge in [-0.05, 0) is 37.5 Å². The highest BCUT2D eigenvalue weighted by molar-refractivity contribution is 7.91.